The molecule has 5 heteroatoms. The van der Waals surface area contributed by atoms with Gasteiger partial charge in [0.2, 0.25) is 0 Å². The summed E-state index contributed by atoms with van der Waals surface area (Å²) in [4.78, 5) is 0. The summed E-state index contributed by atoms with van der Waals surface area (Å²) in [5, 5.41) is 0. The number of rotatable bonds is 18. The van der Waals surface area contributed by atoms with Crippen LogP contribution in [0.3, 0.4) is 0 Å². The lowest BCUT2D eigenvalue weighted by Crippen LogP contribution is -2.00. The van der Waals surface area contributed by atoms with Gasteiger partial charge in [-0.3, -0.25) is 0 Å². The first kappa shape index (κ1) is 29.8. The van der Waals surface area contributed by atoms with Crippen molar-refractivity contribution < 1.29 is 9.05 Å². The van der Waals surface area contributed by atoms with Gasteiger partial charge >= 0.3 is 5.69 Å². The summed E-state index contributed by atoms with van der Waals surface area (Å²) < 4.78 is 12.9. The average Bonchev–Trinajstić information content (AvgIpc) is 2.91. The van der Waals surface area contributed by atoms with E-state index in [2.05, 4.69) is 86.6 Å². The van der Waals surface area contributed by atoms with Crippen LogP contribution in [-0.2, 0) is 31.1 Å². The highest BCUT2D eigenvalue weighted by atomic mass is 32.9. The Morgan fingerprint density at radius 3 is 1.49 bits per heavy atom. The summed E-state index contributed by atoms with van der Waals surface area (Å²) in [7, 11) is 0. The summed E-state index contributed by atoms with van der Waals surface area (Å²) in [6.45, 7) is 4.50. The van der Waals surface area contributed by atoms with Crippen molar-refractivity contribution in [2.75, 3.05) is 5.75 Å². The van der Waals surface area contributed by atoms with Gasteiger partial charge in [0.15, 0.2) is 0 Å². The standard InChI is InChI=1S/C32H43O2PS2/c1-3-5-7-10-16-29-18-22-31(23-19-29)33-35(36,37-27-26-28-14-12-9-13-15-28)34-32-24-20-30(21-25-32)17-11-8-6-4-2/h9,12-15,18-25H,3-8,10-11,16-17,26-27H2,1-2H3. The summed E-state index contributed by atoms with van der Waals surface area (Å²) in [6, 6.07) is 27.4. The minimum Gasteiger partial charge on any atom is -0.428 e. The number of hydrogen-bond donors (Lipinski definition) is 0. The lowest BCUT2D eigenvalue weighted by Gasteiger charge is -2.23. The molecule has 0 aliphatic carbocycles. The molecule has 0 aliphatic rings. The largest absolute Gasteiger partial charge is 0.428 e. The zero-order valence-electron chi connectivity index (χ0n) is 22.6. The Labute approximate surface area is 234 Å². The third-order valence-corrected chi connectivity index (χ3v) is 11.3. The topological polar surface area (TPSA) is 18.5 Å². The molecule has 0 bridgehead atoms. The minimum atomic E-state index is -2.64. The van der Waals surface area contributed by atoms with Crippen LogP contribution >= 0.6 is 17.1 Å². The average molecular weight is 555 g/mol. The van der Waals surface area contributed by atoms with Crippen LogP contribution in [0.5, 0.6) is 11.5 Å². The molecule has 0 aliphatic heterocycles. The molecule has 0 saturated carbocycles. The van der Waals surface area contributed by atoms with Crippen molar-refractivity contribution in [3.8, 4) is 11.5 Å². The third kappa shape index (κ3) is 11.7. The highest BCUT2D eigenvalue weighted by Gasteiger charge is 2.24. The predicted molar refractivity (Wildman–Crippen MR) is 167 cm³/mol. The number of unbranched alkanes of at least 4 members (excludes halogenated alkanes) is 6. The van der Waals surface area contributed by atoms with E-state index in [0.717, 1.165) is 36.5 Å². The van der Waals surface area contributed by atoms with E-state index in [1.807, 2.05) is 6.07 Å². The molecule has 0 aromatic heterocycles. The Balaban J connectivity index is 1.63. The lowest BCUT2D eigenvalue weighted by molar-refractivity contribution is 0.506. The molecule has 200 valence electrons. The zero-order valence-corrected chi connectivity index (χ0v) is 25.1. The van der Waals surface area contributed by atoms with Gasteiger partial charge in [0.05, 0.1) is 0 Å². The maximum absolute atomic E-state index is 6.43. The smallest absolute Gasteiger partial charge is 0.348 e. The second-order valence-corrected chi connectivity index (χ2v) is 15.9. The molecule has 0 N–H and O–H groups in total. The monoisotopic (exact) mass is 554 g/mol. The third-order valence-electron chi connectivity index (χ3n) is 6.40. The van der Waals surface area contributed by atoms with E-state index in [1.165, 1.54) is 68.1 Å². The van der Waals surface area contributed by atoms with E-state index < -0.39 is 5.69 Å². The fourth-order valence-electron chi connectivity index (χ4n) is 4.20. The highest BCUT2D eigenvalue weighted by Crippen LogP contribution is 2.60. The van der Waals surface area contributed by atoms with Crippen molar-refractivity contribution in [3.63, 3.8) is 0 Å². The molecule has 3 aromatic rings. The summed E-state index contributed by atoms with van der Waals surface area (Å²) >= 11 is 7.71. The van der Waals surface area contributed by atoms with Gasteiger partial charge in [0, 0.05) is 5.75 Å². The molecular weight excluding hydrogens is 511 g/mol. The maximum Gasteiger partial charge on any atom is 0.348 e. The fraction of sp³-hybridized carbons (Fsp3) is 0.438. The highest BCUT2D eigenvalue weighted by molar-refractivity contribution is 8.68. The first-order chi connectivity index (χ1) is 18.1. The molecule has 0 unspecified atom stereocenters. The van der Waals surface area contributed by atoms with Crippen molar-refractivity contribution in [2.24, 2.45) is 0 Å². The van der Waals surface area contributed by atoms with Gasteiger partial charge in [-0.05, 0) is 96.2 Å². The Morgan fingerprint density at radius 2 is 1.03 bits per heavy atom. The van der Waals surface area contributed by atoms with Crippen LogP contribution in [0.25, 0.3) is 0 Å². The first-order valence-corrected chi connectivity index (χ1v) is 18.2. The normalized spacial score (nSPS) is 11.4. The van der Waals surface area contributed by atoms with Crippen LogP contribution in [0, 0.1) is 0 Å². The number of hydrogen-bond acceptors (Lipinski definition) is 4. The number of aryl methyl sites for hydroxylation is 3. The minimum absolute atomic E-state index is 0.792. The van der Waals surface area contributed by atoms with Gasteiger partial charge in [0.25, 0.3) is 0 Å². The van der Waals surface area contributed by atoms with Crippen molar-refractivity contribution >= 4 is 28.9 Å². The summed E-state index contributed by atoms with van der Waals surface area (Å²) in [5.41, 5.74) is 1.36. The molecule has 3 rings (SSSR count). The zero-order chi connectivity index (χ0) is 26.2. The van der Waals surface area contributed by atoms with Crippen LogP contribution in [0.2, 0.25) is 0 Å². The second kappa shape index (κ2) is 17.0. The van der Waals surface area contributed by atoms with Crippen LogP contribution in [0.4, 0.5) is 0 Å². The van der Waals surface area contributed by atoms with E-state index in [0.29, 0.717) is 0 Å². The van der Waals surface area contributed by atoms with Crippen LogP contribution in [0.1, 0.15) is 81.9 Å². The Hall–Kier alpha value is -1.74. The van der Waals surface area contributed by atoms with E-state index in [9.17, 15) is 0 Å². The van der Waals surface area contributed by atoms with Crippen molar-refractivity contribution in [2.45, 2.75) is 84.5 Å². The fourth-order valence-corrected chi connectivity index (χ4v) is 8.61. The maximum atomic E-state index is 6.43. The molecule has 0 heterocycles. The molecule has 0 saturated heterocycles. The van der Waals surface area contributed by atoms with E-state index in [-0.39, 0.29) is 0 Å². The molecule has 3 aromatic carbocycles. The van der Waals surface area contributed by atoms with E-state index in [4.69, 9.17) is 20.9 Å². The molecule has 0 fully saturated rings. The molecule has 37 heavy (non-hydrogen) atoms. The van der Waals surface area contributed by atoms with Gasteiger partial charge in [-0.25, -0.2) is 0 Å². The van der Waals surface area contributed by atoms with E-state index >= 15 is 0 Å². The van der Waals surface area contributed by atoms with Crippen molar-refractivity contribution in [3.05, 3.63) is 95.6 Å². The van der Waals surface area contributed by atoms with Crippen molar-refractivity contribution in [1.82, 2.24) is 0 Å². The van der Waals surface area contributed by atoms with Crippen LogP contribution < -0.4 is 9.05 Å². The SMILES string of the molecule is CCCCCCc1ccc(OP(=S)(Oc2ccc(CCCCCC)cc2)SCCc2ccccc2)cc1. The summed E-state index contributed by atoms with van der Waals surface area (Å²) in [5.74, 6) is 2.44. The predicted octanol–water partition coefficient (Wildman–Crippen LogP) is 10.6. The molecule has 0 amide bonds. The van der Waals surface area contributed by atoms with Gasteiger partial charge in [0.1, 0.15) is 11.5 Å². The number of benzene rings is 3. The Kier molecular flexibility index (Phi) is 13.7. The van der Waals surface area contributed by atoms with Gasteiger partial charge in [-0.15, -0.1) is 0 Å². The Morgan fingerprint density at radius 1 is 0.568 bits per heavy atom. The second-order valence-electron chi connectivity index (χ2n) is 9.61. The van der Waals surface area contributed by atoms with Gasteiger partial charge < -0.3 is 9.05 Å². The van der Waals surface area contributed by atoms with Crippen LogP contribution in [0.15, 0.2) is 78.9 Å². The van der Waals surface area contributed by atoms with Crippen LogP contribution in [-0.4, -0.2) is 5.75 Å². The van der Waals surface area contributed by atoms with Crippen molar-refractivity contribution in [1.29, 1.82) is 0 Å². The molecule has 0 spiro atoms. The van der Waals surface area contributed by atoms with Gasteiger partial charge in [-0.2, -0.15) is 0 Å². The molecule has 2 nitrogen and oxygen atoms in total. The van der Waals surface area contributed by atoms with E-state index in [1.54, 1.807) is 11.4 Å². The molecule has 0 atom stereocenters. The summed E-state index contributed by atoms with van der Waals surface area (Å²) in [6.07, 6.45) is 13.4. The lowest BCUT2D eigenvalue weighted by atomic mass is 10.1. The quantitative estimate of drug-likeness (QED) is 0.115. The van der Waals surface area contributed by atoms with Gasteiger partial charge in [-0.1, -0.05) is 107 Å². The first-order valence-electron chi connectivity index (χ1n) is 14.0. The Bertz CT molecular complexity index is 991. The molecule has 0 radical (unpaired) electrons. The molecular formula is C32H43O2PS2.